The van der Waals surface area contributed by atoms with Crippen LogP contribution in [-0.4, -0.2) is 18.0 Å². The number of rotatable bonds is 3. The van der Waals surface area contributed by atoms with E-state index in [9.17, 15) is 0 Å². The maximum Gasteiger partial charge on any atom is 0.139 e. The largest absolute Gasteiger partial charge is 0.371 e. The van der Waals surface area contributed by atoms with Crippen molar-refractivity contribution in [1.82, 2.24) is 4.90 Å². The van der Waals surface area contributed by atoms with Crippen LogP contribution in [0, 0.1) is 25.2 Å². The molecule has 0 amide bonds. The van der Waals surface area contributed by atoms with Crippen molar-refractivity contribution in [3.8, 4) is 6.07 Å². The van der Waals surface area contributed by atoms with Gasteiger partial charge < -0.3 is 4.90 Å². The number of benzene rings is 2. The number of aryl methyl sites for hydroxylation is 2. The van der Waals surface area contributed by atoms with Crippen LogP contribution in [0.5, 0.6) is 0 Å². The van der Waals surface area contributed by atoms with Crippen LogP contribution in [0.25, 0.3) is 5.70 Å². The van der Waals surface area contributed by atoms with Gasteiger partial charge in [-0.05, 0) is 37.1 Å². The molecule has 1 heterocycles. The molecule has 2 aromatic carbocycles. The highest BCUT2D eigenvalue weighted by Gasteiger charge is 2.36. The van der Waals surface area contributed by atoms with E-state index in [4.69, 9.17) is 5.26 Å². The van der Waals surface area contributed by atoms with Gasteiger partial charge in [-0.2, -0.15) is 5.26 Å². The Labute approximate surface area is 149 Å². The monoisotopic (exact) mass is 334 g/mol. The molecule has 0 saturated carbocycles. The number of likely N-dealkylation sites (tertiary alicyclic amines) is 1. The van der Waals surface area contributed by atoms with Gasteiger partial charge in [0, 0.05) is 37.2 Å². The number of nitrogens with zero attached hydrogens (tertiary/aromatic N) is 2. The quantitative estimate of drug-likeness (QED) is 0.780. The van der Waals surface area contributed by atoms with E-state index in [2.05, 4.69) is 49.6 Å². The van der Waals surface area contributed by atoms with Crippen LogP contribution in [-0.2, 0) is 5.67 Å². The number of hydrogen-bond donors (Lipinski definition) is 0. The molecular weight excluding hydrogens is 311 g/mol. The first-order chi connectivity index (χ1) is 11.9. The molecule has 128 valence electrons. The molecule has 3 rings (SSSR count). The third-order valence-electron chi connectivity index (χ3n) is 5.16. The highest BCUT2D eigenvalue weighted by Crippen LogP contribution is 2.39. The van der Waals surface area contributed by atoms with Crippen molar-refractivity contribution in [3.05, 3.63) is 76.9 Å². The lowest BCUT2D eigenvalue weighted by atomic mass is 9.85. The first kappa shape index (κ1) is 17.2. The minimum Gasteiger partial charge on any atom is -0.371 e. The van der Waals surface area contributed by atoms with E-state index in [1.165, 1.54) is 11.1 Å². The summed E-state index contributed by atoms with van der Waals surface area (Å²) in [4.78, 5) is 2.18. The lowest BCUT2D eigenvalue weighted by Gasteiger charge is -2.39. The van der Waals surface area contributed by atoms with Gasteiger partial charge in [0.25, 0.3) is 0 Å². The molecule has 0 N–H and O–H groups in total. The van der Waals surface area contributed by atoms with Gasteiger partial charge in [-0.3, -0.25) is 0 Å². The van der Waals surface area contributed by atoms with Gasteiger partial charge in [0.15, 0.2) is 0 Å². The fourth-order valence-corrected chi connectivity index (χ4v) is 3.57. The fraction of sp³-hybridized carbons (Fsp3) is 0.318. The van der Waals surface area contributed by atoms with Crippen molar-refractivity contribution in [2.45, 2.75) is 32.4 Å². The fourth-order valence-electron chi connectivity index (χ4n) is 3.57. The van der Waals surface area contributed by atoms with Gasteiger partial charge in [0.2, 0.25) is 0 Å². The second-order valence-corrected chi connectivity index (χ2v) is 6.91. The Bertz CT molecular complexity index is 822. The number of piperidine rings is 1. The predicted molar refractivity (Wildman–Crippen MR) is 99.7 cm³/mol. The summed E-state index contributed by atoms with van der Waals surface area (Å²) in [5, 5.41) is 8.89. The van der Waals surface area contributed by atoms with Crippen LogP contribution in [0.2, 0.25) is 0 Å². The van der Waals surface area contributed by atoms with Crippen molar-refractivity contribution in [2.24, 2.45) is 0 Å². The minimum atomic E-state index is -1.33. The zero-order chi connectivity index (χ0) is 18.0. The second kappa shape index (κ2) is 6.72. The Morgan fingerprint density at radius 1 is 1.12 bits per heavy atom. The van der Waals surface area contributed by atoms with Gasteiger partial charge in [-0.15, -0.1) is 0 Å². The first-order valence-electron chi connectivity index (χ1n) is 8.64. The Morgan fingerprint density at radius 2 is 1.76 bits per heavy atom. The summed E-state index contributed by atoms with van der Waals surface area (Å²) in [7, 11) is 0. The van der Waals surface area contributed by atoms with Crippen molar-refractivity contribution in [1.29, 1.82) is 5.26 Å². The molecule has 0 atom stereocenters. The van der Waals surface area contributed by atoms with Crippen LogP contribution < -0.4 is 0 Å². The second-order valence-electron chi connectivity index (χ2n) is 6.91. The number of hydrogen-bond acceptors (Lipinski definition) is 2. The van der Waals surface area contributed by atoms with E-state index >= 15 is 4.39 Å². The van der Waals surface area contributed by atoms with Crippen LogP contribution in [0.1, 0.15) is 40.7 Å². The summed E-state index contributed by atoms with van der Waals surface area (Å²) in [5.41, 5.74) is 4.45. The van der Waals surface area contributed by atoms with E-state index < -0.39 is 5.67 Å². The topological polar surface area (TPSA) is 27.0 Å². The molecule has 0 unspecified atom stereocenters. The van der Waals surface area contributed by atoms with E-state index in [-0.39, 0.29) is 0 Å². The smallest absolute Gasteiger partial charge is 0.139 e. The molecule has 1 fully saturated rings. The third kappa shape index (κ3) is 3.44. The van der Waals surface area contributed by atoms with E-state index in [0.717, 1.165) is 11.3 Å². The predicted octanol–water partition coefficient (Wildman–Crippen LogP) is 5.11. The van der Waals surface area contributed by atoms with Crippen molar-refractivity contribution >= 4 is 5.70 Å². The zero-order valence-corrected chi connectivity index (χ0v) is 14.8. The van der Waals surface area contributed by atoms with E-state index in [0.29, 0.717) is 37.1 Å². The molecule has 3 heteroatoms. The van der Waals surface area contributed by atoms with Crippen LogP contribution in [0.15, 0.2) is 49.0 Å². The average molecular weight is 334 g/mol. The summed E-state index contributed by atoms with van der Waals surface area (Å²) in [6, 6.07) is 15.3. The molecule has 1 saturated heterocycles. The molecule has 0 radical (unpaired) electrons. The molecule has 25 heavy (non-hydrogen) atoms. The third-order valence-corrected chi connectivity index (χ3v) is 5.16. The molecule has 0 bridgehead atoms. The highest BCUT2D eigenvalue weighted by molar-refractivity contribution is 5.65. The summed E-state index contributed by atoms with van der Waals surface area (Å²) in [5.74, 6) is 0. The van der Waals surface area contributed by atoms with Crippen LogP contribution in [0.4, 0.5) is 4.39 Å². The SMILES string of the molecule is C=C(c1ccc(C)cc1C)N1CCC(F)(c2ccc(C#N)cc2)CC1. The normalized spacial score (nSPS) is 16.3. The molecular formula is C22H23FN2. The van der Waals surface area contributed by atoms with Crippen LogP contribution >= 0.6 is 0 Å². The molecule has 1 aliphatic heterocycles. The van der Waals surface area contributed by atoms with Crippen LogP contribution in [0.3, 0.4) is 0 Å². The number of alkyl halides is 1. The standard InChI is InChI=1S/C22H23FN2/c1-16-4-9-21(17(2)14-16)18(3)25-12-10-22(23,11-13-25)20-7-5-19(15-24)6-8-20/h4-9,14H,3,10-13H2,1-2H3. The maximum atomic E-state index is 15.4. The molecule has 1 aliphatic rings. The Balaban J connectivity index is 1.72. The average Bonchev–Trinajstić information content (AvgIpc) is 2.62. The maximum absolute atomic E-state index is 15.4. The van der Waals surface area contributed by atoms with Crippen molar-refractivity contribution in [3.63, 3.8) is 0 Å². The molecule has 0 aliphatic carbocycles. The van der Waals surface area contributed by atoms with E-state index in [1.54, 1.807) is 24.3 Å². The van der Waals surface area contributed by atoms with E-state index in [1.807, 2.05) is 0 Å². The minimum absolute atomic E-state index is 0.433. The highest BCUT2D eigenvalue weighted by atomic mass is 19.1. The Morgan fingerprint density at radius 3 is 2.32 bits per heavy atom. The lowest BCUT2D eigenvalue weighted by Crippen LogP contribution is -2.39. The summed E-state index contributed by atoms with van der Waals surface area (Å²) in [6.07, 6.45) is 0.867. The summed E-state index contributed by atoms with van der Waals surface area (Å²) in [6.45, 7) is 9.70. The summed E-state index contributed by atoms with van der Waals surface area (Å²) < 4.78 is 15.4. The van der Waals surface area contributed by atoms with Gasteiger partial charge >= 0.3 is 0 Å². The molecule has 2 aromatic rings. The zero-order valence-electron chi connectivity index (χ0n) is 14.8. The van der Waals surface area contributed by atoms with Gasteiger partial charge in [-0.25, -0.2) is 4.39 Å². The Hall–Kier alpha value is -2.60. The van der Waals surface area contributed by atoms with Gasteiger partial charge in [0.05, 0.1) is 11.6 Å². The van der Waals surface area contributed by atoms with Crippen molar-refractivity contribution < 1.29 is 4.39 Å². The molecule has 2 nitrogen and oxygen atoms in total. The first-order valence-corrected chi connectivity index (χ1v) is 8.64. The molecule has 0 aromatic heterocycles. The van der Waals surface area contributed by atoms with Gasteiger partial charge in [0.1, 0.15) is 5.67 Å². The number of halogens is 1. The Kier molecular flexibility index (Phi) is 4.63. The molecule has 0 spiro atoms. The lowest BCUT2D eigenvalue weighted by molar-refractivity contribution is 0.0794. The van der Waals surface area contributed by atoms with Gasteiger partial charge in [-0.1, -0.05) is 42.5 Å². The van der Waals surface area contributed by atoms with Crippen molar-refractivity contribution in [2.75, 3.05) is 13.1 Å². The summed E-state index contributed by atoms with van der Waals surface area (Å²) >= 11 is 0. The number of nitriles is 1.